The molecule has 1 saturated heterocycles. The molecule has 1 amide bonds. The van der Waals surface area contributed by atoms with E-state index in [0.717, 1.165) is 12.8 Å². The number of nitrogens with two attached hydrogens (primary N) is 1. The molecule has 7 heteroatoms. The van der Waals surface area contributed by atoms with Gasteiger partial charge in [0.05, 0.1) is 6.10 Å². The van der Waals surface area contributed by atoms with E-state index in [0.29, 0.717) is 13.1 Å². The largest absolute Gasteiger partial charge is 0.364 e. The molecule has 1 heterocycles. The maximum Gasteiger partial charge on any atom is 0.249 e. The fourth-order valence-electron chi connectivity index (χ4n) is 2.96. The van der Waals surface area contributed by atoms with Gasteiger partial charge in [-0.1, -0.05) is 30.3 Å². The molecule has 0 spiro atoms. The number of amides is 1. The summed E-state index contributed by atoms with van der Waals surface area (Å²) in [5.41, 5.74) is 6.60. The molecule has 1 aliphatic heterocycles. The predicted octanol–water partition coefficient (Wildman–Crippen LogP) is 2.58. The Kier molecular flexibility index (Phi) is 10.6. The van der Waals surface area contributed by atoms with Gasteiger partial charge in [0.25, 0.3) is 0 Å². The molecule has 0 aromatic heterocycles. The Hall–Kier alpha value is -0.850. The van der Waals surface area contributed by atoms with Gasteiger partial charge in [0.2, 0.25) is 5.91 Å². The molecule has 5 nitrogen and oxygen atoms in total. The number of ether oxygens (including phenoxy) is 1. The Morgan fingerprint density at radius 3 is 2.48 bits per heavy atom. The predicted molar refractivity (Wildman–Crippen MR) is 107 cm³/mol. The van der Waals surface area contributed by atoms with Crippen molar-refractivity contribution in [1.29, 1.82) is 0 Å². The molecule has 0 aliphatic carbocycles. The maximum atomic E-state index is 12.2. The molecule has 0 bridgehead atoms. The molecule has 25 heavy (non-hydrogen) atoms. The van der Waals surface area contributed by atoms with Gasteiger partial charge in [-0.15, -0.1) is 24.8 Å². The van der Waals surface area contributed by atoms with Crippen molar-refractivity contribution in [2.75, 3.05) is 13.1 Å². The summed E-state index contributed by atoms with van der Waals surface area (Å²) in [6.07, 6.45) is 1.28. The number of rotatable bonds is 7. The first-order valence-corrected chi connectivity index (χ1v) is 8.37. The molecule has 1 aromatic carbocycles. The average Bonchev–Trinajstić information content (AvgIpc) is 3.02. The van der Waals surface area contributed by atoms with Crippen molar-refractivity contribution in [3.05, 3.63) is 35.9 Å². The Morgan fingerprint density at radius 1 is 1.28 bits per heavy atom. The Balaban J connectivity index is 0.00000288. The minimum Gasteiger partial charge on any atom is -0.364 e. The highest BCUT2D eigenvalue weighted by Crippen LogP contribution is 2.19. The van der Waals surface area contributed by atoms with Crippen molar-refractivity contribution < 1.29 is 9.53 Å². The van der Waals surface area contributed by atoms with E-state index in [9.17, 15) is 4.79 Å². The highest BCUT2D eigenvalue weighted by Gasteiger charge is 2.31. The van der Waals surface area contributed by atoms with Crippen molar-refractivity contribution in [3.8, 4) is 0 Å². The number of hydrogen-bond acceptors (Lipinski definition) is 4. The monoisotopic (exact) mass is 391 g/mol. The Bertz CT molecular complexity index is 514. The highest BCUT2D eigenvalue weighted by atomic mass is 35.5. The highest BCUT2D eigenvalue weighted by molar-refractivity contribution is 5.85. The first kappa shape index (κ1) is 24.1. The summed E-state index contributed by atoms with van der Waals surface area (Å²) in [6, 6.07) is 10.5. The topological polar surface area (TPSA) is 76.4 Å². The zero-order valence-corrected chi connectivity index (χ0v) is 16.8. The lowest BCUT2D eigenvalue weighted by Crippen LogP contribution is -2.51. The van der Waals surface area contributed by atoms with Crippen LogP contribution in [0.25, 0.3) is 0 Å². The van der Waals surface area contributed by atoms with Crippen molar-refractivity contribution >= 4 is 30.7 Å². The zero-order chi connectivity index (χ0) is 16.9. The molecule has 144 valence electrons. The third-order valence-corrected chi connectivity index (χ3v) is 4.27. The van der Waals surface area contributed by atoms with Gasteiger partial charge in [-0.05, 0) is 39.2 Å². The third kappa shape index (κ3) is 7.50. The van der Waals surface area contributed by atoms with E-state index in [1.54, 1.807) is 0 Å². The van der Waals surface area contributed by atoms with Gasteiger partial charge < -0.3 is 21.1 Å². The summed E-state index contributed by atoms with van der Waals surface area (Å²) in [5.74, 6) is -0.0387. The number of halogens is 2. The van der Waals surface area contributed by atoms with Crippen LogP contribution in [0.3, 0.4) is 0 Å². The van der Waals surface area contributed by atoms with Crippen molar-refractivity contribution in [2.24, 2.45) is 5.73 Å². The second kappa shape index (κ2) is 11.0. The second-order valence-electron chi connectivity index (χ2n) is 6.94. The summed E-state index contributed by atoms with van der Waals surface area (Å²) in [7, 11) is 0. The van der Waals surface area contributed by atoms with E-state index in [1.165, 1.54) is 5.56 Å². The van der Waals surface area contributed by atoms with Crippen LogP contribution in [0.5, 0.6) is 0 Å². The normalized spacial score (nSPS) is 21.0. The molecule has 0 saturated carbocycles. The Morgan fingerprint density at radius 2 is 1.92 bits per heavy atom. The first-order chi connectivity index (χ1) is 10.9. The number of benzene rings is 1. The van der Waals surface area contributed by atoms with Gasteiger partial charge in [-0.25, -0.2) is 0 Å². The van der Waals surface area contributed by atoms with Crippen LogP contribution in [0.15, 0.2) is 30.3 Å². The van der Waals surface area contributed by atoms with Crippen molar-refractivity contribution in [3.63, 3.8) is 0 Å². The molecular formula is C18H31Cl2N3O2. The Labute approximate surface area is 163 Å². The molecular weight excluding hydrogens is 361 g/mol. The van der Waals surface area contributed by atoms with E-state index in [-0.39, 0.29) is 54.5 Å². The van der Waals surface area contributed by atoms with E-state index >= 15 is 0 Å². The molecule has 1 aromatic rings. The summed E-state index contributed by atoms with van der Waals surface area (Å²) in [6.45, 7) is 7.34. The van der Waals surface area contributed by atoms with Crippen molar-refractivity contribution in [1.82, 2.24) is 10.6 Å². The molecule has 4 N–H and O–H groups in total. The fourth-order valence-corrected chi connectivity index (χ4v) is 2.96. The number of hydrogen-bond donors (Lipinski definition) is 3. The van der Waals surface area contributed by atoms with Gasteiger partial charge in [-0.2, -0.15) is 0 Å². The first-order valence-electron chi connectivity index (χ1n) is 8.37. The van der Waals surface area contributed by atoms with Crippen LogP contribution >= 0.6 is 24.8 Å². The lowest BCUT2D eigenvalue weighted by molar-refractivity contribution is -0.132. The SMILES string of the molecule is CC(NC(C)(C)CNC(=O)[C@@H]1CC[C@H](CN)O1)c1ccccc1.Cl.Cl. The maximum absolute atomic E-state index is 12.2. The van der Waals surface area contributed by atoms with E-state index in [4.69, 9.17) is 10.5 Å². The standard InChI is InChI=1S/C18H29N3O2.2ClH/c1-13(14-7-5-4-6-8-14)21-18(2,3)12-20-17(22)16-10-9-15(11-19)23-16;;/h4-8,13,15-16,21H,9-12,19H2,1-3H3,(H,20,22);2*1H/t13?,15-,16+;;/m1../s1. The van der Waals surface area contributed by atoms with E-state index in [1.807, 2.05) is 18.2 Å². The number of carbonyl (C=O) groups excluding carboxylic acids is 1. The quantitative estimate of drug-likeness (QED) is 0.667. The number of nitrogens with one attached hydrogen (secondary N) is 2. The number of carbonyl (C=O) groups is 1. The minimum absolute atomic E-state index is 0. The molecule has 1 unspecified atom stereocenters. The molecule has 0 radical (unpaired) electrons. The van der Waals surface area contributed by atoms with Gasteiger partial charge in [0, 0.05) is 24.7 Å². The van der Waals surface area contributed by atoms with E-state index in [2.05, 4.69) is 43.5 Å². The summed E-state index contributed by atoms with van der Waals surface area (Å²) < 4.78 is 5.63. The van der Waals surface area contributed by atoms with Gasteiger partial charge in [-0.3, -0.25) is 4.79 Å². The lowest BCUT2D eigenvalue weighted by Gasteiger charge is -2.31. The van der Waals surface area contributed by atoms with Crippen LogP contribution in [0.4, 0.5) is 0 Å². The average molecular weight is 392 g/mol. The van der Waals surface area contributed by atoms with Gasteiger partial charge >= 0.3 is 0 Å². The summed E-state index contributed by atoms with van der Waals surface area (Å²) >= 11 is 0. The third-order valence-electron chi connectivity index (χ3n) is 4.27. The minimum atomic E-state index is -0.356. The smallest absolute Gasteiger partial charge is 0.249 e. The van der Waals surface area contributed by atoms with Gasteiger partial charge in [0.15, 0.2) is 0 Å². The molecule has 3 atom stereocenters. The summed E-state index contributed by atoms with van der Waals surface area (Å²) in [5, 5.41) is 6.56. The van der Waals surface area contributed by atoms with Crippen LogP contribution in [0.2, 0.25) is 0 Å². The van der Waals surface area contributed by atoms with Crippen LogP contribution < -0.4 is 16.4 Å². The van der Waals surface area contributed by atoms with Crippen LogP contribution in [-0.4, -0.2) is 36.7 Å². The second-order valence-corrected chi connectivity index (χ2v) is 6.94. The molecule has 2 rings (SSSR count). The molecule has 1 fully saturated rings. The van der Waals surface area contributed by atoms with Crippen LogP contribution in [0, 0.1) is 0 Å². The van der Waals surface area contributed by atoms with Crippen LogP contribution in [-0.2, 0) is 9.53 Å². The van der Waals surface area contributed by atoms with Crippen LogP contribution in [0.1, 0.15) is 45.2 Å². The molecule has 1 aliphatic rings. The zero-order valence-electron chi connectivity index (χ0n) is 15.2. The fraction of sp³-hybridized carbons (Fsp3) is 0.611. The van der Waals surface area contributed by atoms with Crippen molar-refractivity contribution in [2.45, 2.75) is 57.4 Å². The summed E-state index contributed by atoms with van der Waals surface area (Å²) in [4.78, 5) is 12.2. The van der Waals surface area contributed by atoms with E-state index < -0.39 is 0 Å². The lowest BCUT2D eigenvalue weighted by atomic mass is 10.0. The van der Waals surface area contributed by atoms with Gasteiger partial charge in [0.1, 0.15) is 6.10 Å².